The molecule has 1 heterocycles. The second kappa shape index (κ2) is 3.89. The lowest BCUT2D eigenvalue weighted by Gasteiger charge is -2.19. The van der Waals surface area contributed by atoms with Gasteiger partial charge in [0.15, 0.2) is 0 Å². The van der Waals surface area contributed by atoms with Gasteiger partial charge in [-0.3, -0.25) is 4.98 Å². The molecule has 2 aromatic rings. The summed E-state index contributed by atoms with van der Waals surface area (Å²) >= 11 is 0. The van der Waals surface area contributed by atoms with Crippen LogP contribution in [-0.4, -0.2) is 4.98 Å². The van der Waals surface area contributed by atoms with Crippen LogP contribution in [0.2, 0.25) is 0 Å². The van der Waals surface area contributed by atoms with Crippen LogP contribution < -0.4 is 0 Å². The summed E-state index contributed by atoms with van der Waals surface area (Å²) in [5, 5.41) is 1.30. The number of hydrogen-bond acceptors (Lipinski definition) is 1. The summed E-state index contributed by atoms with van der Waals surface area (Å²) in [6.07, 6.45) is 2.96. The minimum absolute atomic E-state index is 0.317. The lowest BCUT2D eigenvalue weighted by Crippen LogP contribution is -2.09. The highest BCUT2D eigenvalue weighted by atomic mass is 14.6. The van der Waals surface area contributed by atoms with Gasteiger partial charge in [-0.1, -0.05) is 39.0 Å². The number of pyridine rings is 1. The fraction of sp³-hybridized carbons (Fsp3) is 0.400. The molecular weight excluding hydrogens is 194 g/mol. The molecule has 0 radical (unpaired) electrons. The first kappa shape index (κ1) is 11.1. The van der Waals surface area contributed by atoms with Crippen LogP contribution in [0.4, 0.5) is 0 Å². The Labute approximate surface area is 97.5 Å². The van der Waals surface area contributed by atoms with Crippen LogP contribution in [0, 0.1) is 12.3 Å². The molecule has 1 nitrogen and oxygen atoms in total. The molecule has 1 heteroatoms. The molecule has 0 saturated heterocycles. The Bertz CT molecular complexity index is 506. The second-order valence-corrected chi connectivity index (χ2v) is 5.68. The Morgan fingerprint density at radius 2 is 1.88 bits per heavy atom. The molecule has 0 N–H and O–H groups in total. The third-order valence-electron chi connectivity index (χ3n) is 2.78. The highest BCUT2D eigenvalue weighted by Gasteiger charge is 2.13. The third kappa shape index (κ3) is 2.24. The molecule has 0 saturated carbocycles. The van der Waals surface area contributed by atoms with Crippen LogP contribution in [-0.2, 0) is 6.42 Å². The number of benzene rings is 1. The molecule has 1 aromatic carbocycles. The highest BCUT2D eigenvalue weighted by Crippen LogP contribution is 2.27. The van der Waals surface area contributed by atoms with Gasteiger partial charge in [0.2, 0.25) is 0 Å². The Balaban J connectivity index is 2.59. The van der Waals surface area contributed by atoms with Crippen molar-refractivity contribution in [2.24, 2.45) is 5.41 Å². The molecule has 0 atom stereocenters. The topological polar surface area (TPSA) is 12.9 Å². The predicted molar refractivity (Wildman–Crippen MR) is 69.6 cm³/mol. The average molecular weight is 213 g/mol. The van der Waals surface area contributed by atoms with E-state index in [4.69, 9.17) is 0 Å². The first-order valence-electron chi connectivity index (χ1n) is 5.80. The number of aryl methyl sites for hydroxylation is 1. The fourth-order valence-corrected chi connectivity index (χ4v) is 2.10. The van der Waals surface area contributed by atoms with Crippen molar-refractivity contribution in [3.63, 3.8) is 0 Å². The van der Waals surface area contributed by atoms with E-state index >= 15 is 0 Å². The molecule has 16 heavy (non-hydrogen) atoms. The molecule has 84 valence electrons. The minimum Gasteiger partial charge on any atom is -0.256 e. The first-order chi connectivity index (χ1) is 7.47. The van der Waals surface area contributed by atoms with Crippen LogP contribution >= 0.6 is 0 Å². The highest BCUT2D eigenvalue weighted by molar-refractivity contribution is 5.84. The van der Waals surface area contributed by atoms with Gasteiger partial charge in [0.05, 0.1) is 5.52 Å². The monoisotopic (exact) mass is 213 g/mol. The molecule has 2 rings (SSSR count). The van der Waals surface area contributed by atoms with Crippen molar-refractivity contribution in [1.82, 2.24) is 4.98 Å². The van der Waals surface area contributed by atoms with E-state index < -0.39 is 0 Å². The fourth-order valence-electron chi connectivity index (χ4n) is 2.10. The maximum Gasteiger partial charge on any atom is 0.0733 e. The summed E-state index contributed by atoms with van der Waals surface area (Å²) < 4.78 is 0. The summed E-state index contributed by atoms with van der Waals surface area (Å²) in [4.78, 5) is 4.47. The van der Waals surface area contributed by atoms with Crippen molar-refractivity contribution in [3.05, 3.63) is 41.6 Å². The van der Waals surface area contributed by atoms with Crippen molar-refractivity contribution in [2.75, 3.05) is 0 Å². The summed E-state index contributed by atoms with van der Waals surface area (Å²) in [6.45, 7) is 8.94. The van der Waals surface area contributed by atoms with Crippen molar-refractivity contribution in [1.29, 1.82) is 0 Å². The SMILES string of the molecule is Cc1ccc(CC(C)(C)C)c2cccnc12. The quantitative estimate of drug-likeness (QED) is 0.694. The lowest BCUT2D eigenvalue weighted by atomic mass is 9.86. The molecule has 0 bridgehead atoms. The van der Waals surface area contributed by atoms with E-state index in [1.165, 1.54) is 16.5 Å². The zero-order chi connectivity index (χ0) is 11.8. The molecule has 0 fully saturated rings. The average Bonchev–Trinajstić information content (AvgIpc) is 2.21. The van der Waals surface area contributed by atoms with E-state index in [9.17, 15) is 0 Å². The van der Waals surface area contributed by atoms with E-state index in [2.05, 4.69) is 50.9 Å². The van der Waals surface area contributed by atoms with E-state index in [-0.39, 0.29) is 0 Å². The number of aromatic nitrogens is 1. The van der Waals surface area contributed by atoms with E-state index in [0.717, 1.165) is 11.9 Å². The lowest BCUT2D eigenvalue weighted by molar-refractivity contribution is 0.412. The number of fused-ring (bicyclic) bond motifs is 1. The van der Waals surface area contributed by atoms with Gasteiger partial charge in [0, 0.05) is 11.6 Å². The molecular formula is C15H19N. The van der Waals surface area contributed by atoms with Gasteiger partial charge in [0.25, 0.3) is 0 Å². The van der Waals surface area contributed by atoms with Gasteiger partial charge in [-0.05, 0) is 36.0 Å². The summed E-state index contributed by atoms with van der Waals surface area (Å²) in [6, 6.07) is 8.62. The summed E-state index contributed by atoms with van der Waals surface area (Å²) in [7, 11) is 0. The maximum atomic E-state index is 4.47. The Hall–Kier alpha value is -1.37. The predicted octanol–water partition coefficient (Wildman–Crippen LogP) is 4.13. The minimum atomic E-state index is 0.317. The van der Waals surface area contributed by atoms with Crippen molar-refractivity contribution in [2.45, 2.75) is 34.1 Å². The smallest absolute Gasteiger partial charge is 0.0733 e. The van der Waals surface area contributed by atoms with Crippen LogP contribution in [0.5, 0.6) is 0 Å². The Morgan fingerprint density at radius 1 is 1.12 bits per heavy atom. The largest absolute Gasteiger partial charge is 0.256 e. The number of nitrogens with zero attached hydrogens (tertiary/aromatic N) is 1. The molecule has 1 aromatic heterocycles. The van der Waals surface area contributed by atoms with Crippen molar-refractivity contribution < 1.29 is 0 Å². The Morgan fingerprint density at radius 3 is 2.56 bits per heavy atom. The van der Waals surface area contributed by atoms with Gasteiger partial charge in [-0.2, -0.15) is 0 Å². The molecule has 0 aliphatic carbocycles. The van der Waals surface area contributed by atoms with Gasteiger partial charge in [-0.15, -0.1) is 0 Å². The van der Waals surface area contributed by atoms with Gasteiger partial charge >= 0.3 is 0 Å². The van der Waals surface area contributed by atoms with Crippen molar-refractivity contribution in [3.8, 4) is 0 Å². The van der Waals surface area contributed by atoms with E-state index in [1.807, 2.05) is 12.3 Å². The Kier molecular flexibility index (Phi) is 2.71. The zero-order valence-electron chi connectivity index (χ0n) is 10.5. The van der Waals surface area contributed by atoms with Crippen LogP contribution in [0.15, 0.2) is 30.5 Å². The summed E-state index contributed by atoms with van der Waals surface area (Å²) in [5.41, 5.74) is 4.12. The van der Waals surface area contributed by atoms with Crippen LogP contribution in [0.25, 0.3) is 10.9 Å². The zero-order valence-corrected chi connectivity index (χ0v) is 10.5. The molecule has 0 unspecified atom stereocenters. The normalized spacial score (nSPS) is 12.0. The standard InChI is InChI=1S/C15H19N/c1-11-7-8-12(10-15(2,3)4)13-6-5-9-16-14(11)13/h5-9H,10H2,1-4H3. The van der Waals surface area contributed by atoms with Crippen LogP contribution in [0.1, 0.15) is 31.9 Å². The van der Waals surface area contributed by atoms with Gasteiger partial charge in [-0.25, -0.2) is 0 Å². The molecule has 0 aliphatic rings. The second-order valence-electron chi connectivity index (χ2n) is 5.68. The molecule has 0 spiro atoms. The van der Waals surface area contributed by atoms with E-state index in [0.29, 0.717) is 5.41 Å². The van der Waals surface area contributed by atoms with Gasteiger partial charge in [0.1, 0.15) is 0 Å². The molecule has 0 amide bonds. The number of rotatable bonds is 1. The van der Waals surface area contributed by atoms with Crippen molar-refractivity contribution >= 4 is 10.9 Å². The summed E-state index contributed by atoms with van der Waals surface area (Å²) in [5.74, 6) is 0. The van der Waals surface area contributed by atoms with E-state index in [1.54, 1.807) is 0 Å². The maximum absolute atomic E-state index is 4.47. The first-order valence-corrected chi connectivity index (χ1v) is 5.80. The number of hydrogen-bond donors (Lipinski definition) is 0. The third-order valence-corrected chi connectivity index (χ3v) is 2.78. The molecule has 0 aliphatic heterocycles. The van der Waals surface area contributed by atoms with Crippen LogP contribution in [0.3, 0.4) is 0 Å². The van der Waals surface area contributed by atoms with Gasteiger partial charge < -0.3 is 0 Å².